The fourth-order valence-corrected chi connectivity index (χ4v) is 2.87. The van der Waals surface area contributed by atoms with Gasteiger partial charge in [0.25, 0.3) is 0 Å². The minimum Gasteiger partial charge on any atom is -0.340 e. The van der Waals surface area contributed by atoms with E-state index in [2.05, 4.69) is 44.3 Å². The van der Waals surface area contributed by atoms with Crippen LogP contribution in [0.3, 0.4) is 0 Å². The van der Waals surface area contributed by atoms with Gasteiger partial charge in [-0.1, -0.05) is 31.5 Å². The van der Waals surface area contributed by atoms with Crippen molar-refractivity contribution < 1.29 is 4.79 Å². The summed E-state index contributed by atoms with van der Waals surface area (Å²) < 4.78 is 0. The largest absolute Gasteiger partial charge is 0.340 e. The summed E-state index contributed by atoms with van der Waals surface area (Å²) in [6.45, 7) is 8.12. The normalized spacial score (nSPS) is 20.5. The topological polar surface area (TPSA) is 32.3 Å². The van der Waals surface area contributed by atoms with Crippen LogP contribution in [-0.2, 0) is 4.79 Å². The highest BCUT2D eigenvalue weighted by Gasteiger charge is 2.29. The summed E-state index contributed by atoms with van der Waals surface area (Å²) in [5, 5.41) is 3.35. The van der Waals surface area contributed by atoms with Crippen molar-refractivity contribution in [2.75, 3.05) is 20.1 Å². The Kier molecular flexibility index (Phi) is 4.81. The van der Waals surface area contributed by atoms with Gasteiger partial charge in [0.05, 0.1) is 0 Å². The highest BCUT2D eigenvalue weighted by atomic mass is 16.2. The fourth-order valence-electron chi connectivity index (χ4n) is 2.87. The molecule has 2 rings (SSSR count). The van der Waals surface area contributed by atoms with Gasteiger partial charge >= 0.3 is 0 Å². The molecule has 0 saturated carbocycles. The first kappa shape index (κ1) is 15.0. The molecule has 1 aliphatic rings. The minimum absolute atomic E-state index is 0.217. The first-order chi connectivity index (χ1) is 9.55. The smallest absolute Gasteiger partial charge is 0.222 e. The van der Waals surface area contributed by atoms with E-state index in [0.29, 0.717) is 11.8 Å². The van der Waals surface area contributed by atoms with E-state index in [1.807, 2.05) is 11.9 Å². The van der Waals surface area contributed by atoms with Crippen molar-refractivity contribution >= 4 is 5.91 Å². The van der Waals surface area contributed by atoms with E-state index in [9.17, 15) is 4.79 Å². The summed E-state index contributed by atoms with van der Waals surface area (Å²) in [5.74, 6) is 0.848. The zero-order chi connectivity index (χ0) is 14.7. The van der Waals surface area contributed by atoms with Gasteiger partial charge < -0.3 is 10.2 Å². The number of likely N-dealkylation sites (tertiary alicyclic amines) is 1. The summed E-state index contributed by atoms with van der Waals surface area (Å²) in [7, 11) is 1.97. The number of likely N-dealkylation sites (N-methyl/N-ethyl adjacent to an activating group) is 1. The summed E-state index contributed by atoms with van der Waals surface area (Å²) in [5.41, 5.74) is 3.89. The Morgan fingerprint density at radius 2 is 2.10 bits per heavy atom. The summed E-state index contributed by atoms with van der Waals surface area (Å²) in [6, 6.07) is 6.78. The molecule has 0 radical (unpaired) electrons. The van der Waals surface area contributed by atoms with Crippen LogP contribution in [0, 0.1) is 19.8 Å². The van der Waals surface area contributed by atoms with E-state index in [-0.39, 0.29) is 6.04 Å². The standard InChI is InChI=1S/C17H26N2O/c1-5-14-9-17(20)19(10-14)11-16(18-4)15-7-6-12(2)13(3)8-15/h6-8,14,16,18H,5,9-11H2,1-4H3. The average molecular weight is 274 g/mol. The summed E-state index contributed by atoms with van der Waals surface area (Å²) in [4.78, 5) is 14.1. The van der Waals surface area contributed by atoms with E-state index in [0.717, 1.165) is 25.9 Å². The summed E-state index contributed by atoms with van der Waals surface area (Å²) in [6.07, 6.45) is 1.82. The molecule has 1 N–H and O–H groups in total. The third kappa shape index (κ3) is 3.21. The van der Waals surface area contributed by atoms with Gasteiger partial charge in [-0.15, -0.1) is 0 Å². The molecule has 3 heteroatoms. The van der Waals surface area contributed by atoms with Crippen LogP contribution in [0.25, 0.3) is 0 Å². The molecule has 1 aliphatic heterocycles. The molecule has 2 unspecified atom stereocenters. The number of hydrogen-bond donors (Lipinski definition) is 1. The second-order valence-electron chi connectivity index (χ2n) is 5.96. The lowest BCUT2D eigenvalue weighted by Gasteiger charge is -2.24. The van der Waals surface area contributed by atoms with Crippen LogP contribution in [-0.4, -0.2) is 30.9 Å². The number of rotatable bonds is 5. The van der Waals surface area contributed by atoms with Gasteiger partial charge in [-0.3, -0.25) is 4.79 Å². The fraction of sp³-hybridized carbons (Fsp3) is 0.588. The van der Waals surface area contributed by atoms with Crippen LogP contribution in [0.5, 0.6) is 0 Å². The molecule has 2 atom stereocenters. The number of amides is 1. The molecule has 110 valence electrons. The van der Waals surface area contributed by atoms with Crippen molar-refractivity contribution in [3.05, 3.63) is 34.9 Å². The second-order valence-corrected chi connectivity index (χ2v) is 5.96. The molecule has 1 amide bonds. The molecule has 3 nitrogen and oxygen atoms in total. The molecule has 1 heterocycles. The number of hydrogen-bond acceptors (Lipinski definition) is 2. The Hall–Kier alpha value is -1.35. The van der Waals surface area contributed by atoms with Gasteiger partial charge in [-0.2, -0.15) is 0 Å². The van der Waals surface area contributed by atoms with Crippen LogP contribution in [0.15, 0.2) is 18.2 Å². The Labute approximate surface area is 122 Å². The first-order valence-corrected chi connectivity index (χ1v) is 7.57. The number of carbonyl (C=O) groups is 1. The SMILES string of the molecule is CCC1CC(=O)N(CC(NC)c2ccc(C)c(C)c2)C1. The minimum atomic E-state index is 0.217. The molecule has 0 bridgehead atoms. The third-order valence-electron chi connectivity index (χ3n) is 4.56. The highest BCUT2D eigenvalue weighted by Crippen LogP contribution is 2.24. The van der Waals surface area contributed by atoms with Crippen molar-refractivity contribution in [2.24, 2.45) is 5.92 Å². The van der Waals surface area contributed by atoms with Crippen LogP contribution in [0.2, 0.25) is 0 Å². The molecule has 1 fully saturated rings. The van der Waals surface area contributed by atoms with E-state index >= 15 is 0 Å². The van der Waals surface area contributed by atoms with Crippen LogP contribution in [0.4, 0.5) is 0 Å². The maximum absolute atomic E-state index is 12.0. The Bertz CT molecular complexity index is 484. The van der Waals surface area contributed by atoms with Gasteiger partial charge in [0, 0.05) is 25.6 Å². The van der Waals surface area contributed by atoms with Crippen LogP contribution >= 0.6 is 0 Å². The Balaban J connectivity index is 2.09. The summed E-state index contributed by atoms with van der Waals surface area (Å²) >= 11 is 0. The lowest BCUT2D eigenvalue weighted by atomic mass is 10.0. The number of carbonyl (C=O) groups excluding carboxylic acids is 1. The Morgan fingerprint density at radius 3 is 2.65 bits per heavy atom. The monoisotopic (exact) mass is 274 g/mol. The molecular weight excluding hydrogens is 248 g/mol. The molecule has 20 heavy (non-hydrogen) atoms. The van der Waals surface area contributed by atoms with Gasteiger partial charge in [-0.25, -0.2) is 0 Å². The number of nitrogens with one attached hydrogen (secondary N) is 1. The van der Waals surface area contributed by atoms with Crippen molar-refractivity contribution in [3.8, 4) is 0 Å². The van der Waals surface area contributed by atoms with E-state index in [1.165, 1.54) is 16.7 Å². The number of nitrogens with zero attached hydrogens (tertiary/aromatic N) is 1. The molecule has 1 aromatic carbocycles. The average Bonchev–Trinajstić information content (AvgIpc) is 2.80. The Morgan fingerprint density at radius 1 is 1.35 bits per heavy atom. The first-order valence-electron chi connectivity index (χ1n) is 7.57. The lowest BCUT2D eigenvalue weighted by Crippen LogP contribution is -2.35. The molecule has 0 aliphatic carbocycles. The predicted molar refractivity (Wildman–Crippen MR) is 82.7 cm³/mol. The van der Waals surface area contributed by atoms with Gasteiger partial charge in [0.1, 0.15) is 0 Å². The molecule has 1 saturated heterocycles. The van der Waals surface area contributed by atoms with E-state index in [4.69, 9.17) is 0 Å². The quantitative estimate of drug-likeness (QED) is 0.895. The zero-order valence-corrected chi connectivity index (χ0v) is 13.1. The van der Waals surface area contributed by atoms with Gasteiger partial charge in [0.15, 0.2) is 0 Å². The van der Waals surface area contributed by atoms with Crippen LogP contribution in [0.1, 0.15) is 42.5 Å². The highest BCUT2D eigenvalue weighted by molar-refractivity contribution is 5.78. The molecular formula is C17H26N2O. The molecule has 0 spiro atoms. The van der Waals surface area contributed by atoms with E-state index in [1.54, 1.807) is 0 Å². The maximum Gasteiger partial charge on any atom is 0.222 e. The molecule has 1 aromatic rings. The van der Waals surface area contributed by atoms with Gasteiger partial charge in [0.2, 0.25) is 5.91 Å². The van der Waals surface area contributed by atoms with Crippen molar-refractivity contribution in [1.82, 2.24) is 10.2 Å². The van der Waals surface area contributed by atoms with Crippen LogP contribution < -0.4 is 5.32 Å². The third-order valence-corrected chi connectivity index (χ3v) is 4.56. The number of aryl methyl sites for hydroxylation is 2. The maximum atomic E-state index is 12.0. The van der Waals surface area contributed by atoms with E-state index < -0.39 is 0 Å². The van der Waals surface area contributed by atoms with Crippen molar-refractivity contribution in [3.63, 3.8) is 0 Å². The number of benzene rings is 1. The van der Waals surface area contributed by atoms with Crippen molar-refractivity contribution in [1.29, 1.82) is 0 Å². The lowest BCUT2D eigenvalue weighted by molar-refractivity contribution is -0.128. The zero-order valence-electron chi connectivity index (χ0n) is 13.1. The molecule has 0 aromatic heterocycles. The van der Waals surface area contributed by atoms with Crippen molar-refractivity contribution in [2.45, 2.75) is 39.7 Å². The van der Waals surface area contributed by atoms with Gasteiger partial charge in [-0.05, 0) is 43.5 Å². The predicted octanol–water partition coefficient (Wildman–Crippen LogP) is 2.82. The second kappa shape index (κ2) is 6.40.